The third-order valence-electron chi connectivity index (χ3n) is 6.59. The Hall–Kier alpha value is -2.04. The maximum absolute atomic E-state index is 12.6. The Morgan fingerprint density at radius 3 is 2.31 bits per heavy atom. The van der Waals surface area contributed by atoms with Gasteiger partial charge in [0.2, 0.25) is 15.9 Å². The molecule has 36 heavy (non-hydrogen) atoms. The minimum absolute atomic E-state index is 0.0228. The lowest BCUT2D eigenvalue weighted by Crippen LogP contribution is -2.73. The van der Waals surface area contributed by atoms with Gasteiger partial charge in [-0.05, 0) is 43.2 Å². The largest absolute Gasteiger partial charge is 0.496 e. The van der Waals surface area contributed by atoms with Crippen LogP contribution < -0.4 is 14.8 Å². The van der Waals surface area contributed by atoms with Crippen LogP contribution in [0.4, 0.5) is 5.69 Å². The molecule has 2 saturated heterocycles. The van der Waals surface area contributed by atoms with Crippen molar-refractivity contribution in [3.63, 3.8) is 0 Å². The van der Waals surface area contributed by atoms with E-state index >= 15 is 0 Å². The summed E-state index contributed by atoms with van der Waals surface area (Å²) in [7, 11) is -1.51. The summed E-state index contributed by atoms with van der Waals surface area (Å²) in [5.74, 6) is 1.82. The van der Waals surface area contributed by atoms with Gasteiger partial charge >= 0.3 is 0 Å². The lowest BCUT2D eigenvalue weighted by Gasteiger charge is -2.59. The summed E-state index contributed by atoms with van der Waals surface area (Å²) in [4.78, 5) is 14.6. The van der Waals surface area contributed by atoms with Crippen molar-refractivity contribution < 1.29 is 22.7 Å². The van der Waals surface area contributed by atoms with Crippen molar-refractivity contribution >= 4 is 44.8 Å². The molecule has 11 heteroatoms. The topological polar surface area (TPSA) is 88.2 Å². The van der Waals surface area contributed by atoms with Crippen LogP contribution in [-0.2, 0) is 14.8 Å². The van der Waals surface area contributed by atoms with Gasteiger partial charge in [-0.1, -0.05) is 37.0 Å². The maximum atomic E-state index is 12.6. The van der Waals surface area contributed by atoms with E-state index in [1.54, 1.807) is 32.2 Å². The molecular formula is C25H31Cl2N3O5S. The van der Waals surface area contributed by atoms with Crippen LogP contribution in [0.5, 0.6) is 17.2 Å². The van der Waals surface area contributed by atoms with Crippen molar-refractivity contribution in [2.24, 2.45) is 5.41 Å². The minimum Gasteiger partial charge on any atom is -0.496 e. The molecule has 0 atom stereocenters. The second-order valence-electron chi connectivity index (χ2n) is 9.79. The van der Waals surface area contributed by atoms with Gasteiger partial charge in [0.15, 0.2) is 5.75 Å². The number of nitrogens with one attached hydrogen (secondary N) is 1. The molecule has 1 N–H and O–H groups in total. The summed E-state index contributed by atoms with van der Waals surface area (Å²) < 4.78 is 36.8. The molecule has 2 heterocycles. The van der Waals surface area contributed by atoms with Gasteiger partial charge < -0.3 is 14.8 Å². The van der Waals surface area contributed by atoms with Gasteiger partial charge in [-0.3, -0.25) is 9.69 Å². The first-order chi connectivity index (χ1) is 16.9. The minimum atomic E-state index is -3.14. The van der Waals surface area contributed by atoms with Crippen LogP contribution in [0.25, 0.3) is 0 Å². The Morgan fingerprint density at radius 2 is 1.75 bits per heavy atom. The fourth-order valence-electron chi connectivity index (χ4n) is 4.77. The van der Waals surface area contributed by atoms with Gasteiger partial charge in [-0.2, -0.15) is 0 Å². The lowest BCUT2D eigenvalue weighted by molar-refractivity contribution is -0.125. The number of ether oxygens (including phenoxy) is 2. The molecule has 0 aromatic heterocycles. The van der Waals surface area contributed by atoms with Gasteiger partial charge in [-0.15, -0.1) is 0 Å². The summed E-state index contributed by atoms with van der Waals surface area (Å²) in [6, 6.07) is 8.72. The van der Waals surface area contributed by atoms with E-state index in [0.29, 0.717) is 43.4 Å². The summed E-state index contributed by atoms with van der Waals surface area (Å²) in [6.45, 7) is 8.45. The number of anilines is 1. The van der Waals surface area contributed by atoms with Gasteiger partial charge in [-0.25, -0.2) is 12.7 Å². The summed E-state index contributed by atoms with van der Waals surface area (Å²) >= 11 is 12.9. The predicted octanol–water partition coefficient (Wildman–Crippen LogP) is 4.82. The molecule has 1 amide bonds. The SMILES string of the molecule is CCS(=O)(=O)N1CC2(CN(CC(=O)Nc3cc(Cl)c(Oc4ccc(OC)c(C(C)C)c4)c(Cl)c3)C2)C1. The van der Waals surface area contributed by atoms with Crippen molar-refractivity contribution in [3.8, 4) is 17.2 Å². The third-order valence-corrected chi connectivity index (χ3v) is 8.93. The molecule has 2 aliphatic heterocycles. The number of amides is 1. The predicted molar refractivity (Wildman–Crippen MR) is 142 cm³/mol. The van der Waals surface area contributed by atoms with E-state index < -0.39 is 10.0 Å². The number of carbonyl (C=O) groups is 1. The maximum Gasteiger partial charge on any atom is 0.238 e. The van der Waals surface area contributed by atoms with E-state index in [1.165, 1.54) is 4.31 Å². The summed E-state index contributed by atoms with van der Waals surface area (Å²) in [5, 5.41) is 3.38. The second kappa shape index (κ2) is 10.4. The Kier molecular flexibility index (Phi) is 7.78. The molecule has 0 unspecified atom stereocenters. The molecule has 1 spiro atoms. The zero-order valence-electron chi connectivity index (χ0n) is 20.8. The Bertz CT molecular complexity index is 1230. The first-order valence-corrected chi connectivity index (χ1v) is 14.2. The Balaban J connectivity index is 1.33. The van der Waals surface area contributed by atoms with Crippen LogP contribution >= 0.6 is 23.2 Å². The number of halogens is 2. The quantitative estimate of drug-likeness (QED) is 0.477. The molecule has 2 fully saturated rings. The third kappa shape index (κ3) is 5.60. The second-order valence-corrected chi connectivity index (χ2v) is 12.9. The standard InChI is InChI=1S/C25H31Cl2N3O5S/c1-5-36(32,33)30-14-25(15-30)12-29(13-25)11-23(31)28-17-8-20(26)24(21(27)9-17)35-18-6-7-22(34-4)19(10-18)16(2)3/h6-10,16H,5,11-15H2,1-4H3,(H,28,31). The van der Waals surface area contributed by atoms with E-state index in [2.05, 4.69) is 19.2 Å². The molecule has 2 aliphatic rings. The molecule has 4 rings (SSSR count). The fourth-order valence-corrected chi connectivity index (χ4v) is 6.64. The number of methoxy groups -OCH3 is 1. The molecule has 0 saturated carbocycles. The molecule has 2 aromatic rings. The number of benzene rings is 2. The highest BCUT2D eigenvalue weighted by Crippen LogP contribution is 2.42. The van der Waals surface area contributed by atoms with E-state index in [1.807, 2.05) is 17.0 Å². The molecular weight excluding hydrogens is 525 g/mol. The summed E-state index contributed by atoms with van der Waals surface area (Å²) in [5.41, 5.74) is 1.45. The van der Waals surface area contributed by atoms with Gasteiger partial charge in [0.05, 0.1) is 29.5 Å². The number of likely N-dealkylation sites (tertiary alicyclic amines) is 1. The first-order valence-electron chi connectivity index (χ1n) is 11.8. The average Bonchev–Trinajstić information content (AvgIpc) is 2.76. The summed E-state index contributed by atoms with van der Waals surface area (Å²) in [6.07, 6.45) is 0. The van der Waals surface area contributed by atoms with E-state index in [0.717, 1.165) is 11.3 Å². The first kappa shape index (κ1) is 27.0. The number of sulfonamides is 1. The molecule has 196 valence electrons. The van der Waals surface area contributed by atoms with Gasteiger partial charge in [0, 0.05) is 42.8 Å². The highest BCUT2D eigenvalue weighted by molar-refractivity contribution is 7.89. The van der Waals surface area contributed by atoms with Gasteiger partial charge in [0.1, 0.15) is 11.5 Å². The average molecular weight is 557 g/mol. The van der Waals surface area contributed by atoms with Crippen molar-refractivity contribution in [2.45, 2.75) is 26.7 Å². The molecule has 0 radical (unpaired) electrons. The highest BCUT2D eigenvalue weighted by atomic mass is 35.5. The van der Waals surface area contributed by atoms with Crippen molar-refractivity contribution in [1.29, 1.82) is 0 Å². The van der Waals surface area contributed by atoms with E-state index in [9.17, 15) is 13.2 Å². The van der Waals surface area contributed by atoms with Crippen molar-refractivity contribution in [1.82, 2.24) is 9.21 Å². The number of carbonyl (C=O) groups excluding carboxylic acids is 1. The van der Waals surface area contributed by atoms with Crippen LogP contribution in [0.15, 0.2) is 30.3 Å². The van der Waals surface area contributed by atoms with Crippen molar-refractivity contribution in [3.05, 3.63) is 45.9 Å². The number of hydrogen-bond acceptors (Lipinski definition) is 6. The van der Waals surface area contributed by atoms with Crippen LogP contribution in [0.2, 0.25) is 10.0 Å². The highest BCUT2D eigenvalue weighted by Gasteiger charge is 2.54. The van der Waals surface area contributed by atoms with Crippen molar-refractivity contribution in [2.75, 3.05) is 50.9 Å². The van der Waals surface area contributed by atoms with E-state index in [4.69, 9.17) is 32.7 Å². The van der Waals surface area contributed by atoms with Gasteiger partial charge in [0.25, 0.3) is 0 Å². The van der Waals surface area contributed by atoms with Crippen LogP contribution in [0.3, 0.4) is 0 Å². The Labute approximate surface area is 222 Å². The molecule has 0 aliphatic carbocycles. The normalized spacial score (nSPS) is 17.5. The van der Waals surface area contributed by atoms with E-state index in [-0.39, 0.29) is 39.6 Å². The van der Waals surface area contributed by atoms with Crippen LogP contribution in [-0.4, -0.2) is 69.1 Å². The molecule has 2 aromatic carbocycles. The number of rotatable bonds is 9. The number of nitrogens with zero attached hydrogens (tertiary/aromatic N) is 2. The van der Waals surface area contributed by atoms with Crippen LogP contribution in [0.1, 0.15) is 32.3 Å². The lowest BCUT2D eigenvalue weighted by atomic mass is 9.74. The zero-order chi connectivity index (χ0) is 26.3. The van der Waals surface area contributed by atoms with Crippen LogP contribution in [0, 0.1) is 5.41 Å². The Morgan fingerprint density at radius 1 is 1.11 bits per heavy atom. The molecule has 0 bridgehead atoms. The number of hydrogen-bond donors (Lipinski definition) is 1. The smallest absolute Gasteiger partial charge is 0.238 e. The fraction of sp³-hybridized carbons (Fsp3) is 0.480. The monoisotopic (exact) mass is 555 g/mol. The zero-order valence-corrected chi connectivity index (χ0v) is 23.1. The molecule has 8 nitrogen and oxygen atoms in total.